The molecular formula is C43H83O20P3S. The molecule has 1 saturated carbocycles. The fourth-order valence-electron chi connectivity index (χ4n) is 7.55. The molecule has 1 fully saturated rings. The molecule has 0 spiro atoms. The van der Waals surface area contributed by atoms with Crippen LogP contribution in [0.3, 0.4) is 0 Å². The van der Waals surface area contributed by atoms with Crippen molar-refractivity contribution >= 4 is 52.3 Å². The van der Waals surface area contributed by atoms with Crippen LogP contribution in [-0.2, 0) is 55.6 Å². The largest absolute Gasteiger partial charge is 0.472 e. The maximum absolute atomic E-state index is 13.1. The Kier molecular flexibility index (Phi) is 35.4. The summed E-state index contributed by atoms with van der Waals surface area (Å²) < 4.78 is 65.5. The van der Waals surface area contributed by atoms with Crippen LogP contribution in [0.15, 0.2) is 0 Å². The molecule has 0 aromatic rings. The second kappa shape index (κ2) is 37.0. The van der Waals surface area contributed by atoms with Crippen LogP contribution in [0, 0.1) is 0 Å². The Morgan fingerprint density at radius 3 is 1.25 bits per heavy atom. The number of aliphatic hydroxyl groups is 3. The first kappa shape index (κ1) is 64.2. The maximum atomic E-state index is 13.1. The Morgan fingerprint density at radius 1 is 0.478 bits per heavy atom. The van der Waals surface area contributed by atoms with Crippen molar-refractivity contribution in [2.45, 2.75) is 236 Å². The zero-order chi connectivity index (χ0) is 50.1. The van der Waals surface area contributed by atoms with Crippen LogP contribution in [0.1, 0.15) is 194 Å². The second-order valence-electron chi connectivity index (χ2n) is 17.3. The summed E-state index contributed by atoms with van der Waals surface area (Å²) in [6, 6.07) is 0. The Hall–Kier alpha value is -0.830. The van der Waals surface area contributed by atoms with Crippen molar-refractivity contribution in [3.8, 4) is 0 Å². The van der Waals surface area contributed by atoms with Crippen LogP contribution in [0.5, 0.6) is 0 Å². The lowest BCUT2D eigenvalue weighted by Gasteiger charge is -2.44. The van der Waals surface area contributed by atoms with E-state index in [9.17, 15) is 67.9 Å². The third-order valence-electron chi connectivity index (χ3n) is 11.2. The number of phosphoric acid groups is 3. The summed E-state index contributed by atoms with van der Waals surface area (Å²) in [4.78, 5) is 84.9. The fourth-order valence-corrected chi connectivity index (χ4v) is 10.6. The number of hydrogen-bond acceptors (Lipinski definition) is 16. The van der Waals surface area contributed by atoms with Gasteiger partial charge in [-0.2, -0.15) is 0 Å². The summed E-state index contributed by atoms with van der Waals surface area (Å²) in [6.07, 6.45) is 10.5. The molecule has 67 heavy (non-hydrogen) atoms. The lowest BCUT2D eigenvalue weighted by atomic mass is 9.85. The molecule has 0 aromatic heterocycles. The number of esters is 2. The molecule has 0 aliphatic heterocycles. The van der Waals surface area contributed by atoms with Crippen molar-refractivity contribution in [1.29, 1.82) is 0 Å². The number of aliphatic hydroxyl groups excluding tert-OH is 3. The van der Waals surface area contributed by atoms with Gasteiger partial charge in [0.2, 0.25) is 0 Å². The van der Waals surface area contributed by atoms with Crippen molar-refractivity contribution in [2.75, 3.05) is 19.0 Å². The first-order valence-electron chi connectivity index (χ1n) is 24.4. The number of ether oxygens (including phenoxy) is 2. The van der Waals surface area contributed by atoms with Gasteiger partial charge in [-0.05, 0) is 25.7 Å². The van der Waals surface area contributed by atoms with Crippen LogP contribution in [0.4, 0.5) is 0 Å². The topological polar surface area (TPSA) is 320 Å². The highest BCUT2D eigenvalue weighted by molar-refractivity contribution is 8.13. The van der Waals surface area contributed by atoms with Crippen molar-refractivity contribution in [1.82, 2.24) is 0 Å². The van der Waals surface area contributed by atoms with E-state index in [-0.39, 0.29) is 18.0 Å². The molecule has 8 atom stereocenters. The van der Waals surface area contributed by atoms with Gasteiger partial charge in [0.1, 0.15) is 43.2 Å². The molecule has 0 bridgehead atoms. The summed E-state index contributed by atoms with van der Waals surface area (Å²) in [5.41, 5.74) is 0. The highest BCUT2D eigenvalue weighted by Crippen LogP contribution is 2.51. The average Bonchev–Trinajstić information content (AvgIpc) is 3.24. The predicted molar refractivity (Wildman–Crippen MR) is 251 cm³/mol. The summed E-state index contributed by atoms with van der Waals surface area (Å²) >= 11 is 1.44. The molecule has 4 unspecified atom stereocenters. The van der Waals surface area contributed by atoms with Gasteiger partial charge in [-0.25, -0.2) is 13.7 Å². The molecule has 1 rings (SSSR count). The number of carbonyl (C=O) groups excluding carboxylic acids is 3. The third-order valence-corrected chi connectivity index (χ3v) is 14.2. The van der Waals surface area contributed by atoms with Crippen molar-refractivity contribution in [3.63, 3.8) is 0 Å². The van der Waals surface area contributed by atoms with E-state index in [0.29, 0.717) is 19.3 Å². The number of phosphoric ester groups is 3. The first-order chi connectivity index (χ1) is 31.7. The van der Waals surface area contributed by atoms with Crippen LogP contribution in [0.2, 0.25) is 0 Å². The highest BCUT2D eigenvalue weighted by Gasteiger charge is 2.56. The SMILES string of the molecule is CCCCCCCCCCCCCCCC(=O)O[C@H](COC(=O)CCCCCCCCCCCCCSC(=O)CCC)COP(=O)(O)OC1C(O)[C@@H](OP(=O)(O)O)C(O)[C@@H](OP(=O)(O)O)[C@H]1O. The molecule has 1 aliphatic carbocycles. The zero-order valence-electron chi connectivity index (χ0n) is 39.7. The van der Waals surface area contributed by atoms with Crippen LogP contribution >= 0.6 is 35.2 Å². The molecule has 0 heterocycles. The molecule has 1 aliphatic rings. The van der Waals surface area contributed by atoms with E-state index in [1.165, 1.54) is 56.7 Å². The van der Waals surface area contributed by atoms with Crippen molar-refractivity contribution in [3.05, 3.63) is 0 Å². The molecule has 0 saturated heterocycles. The Balaban J connectivity index is 2.70. The second-order valence-corrected chi connectivity index (χ2v) is 22.3. The summed E-state index contributed by atoms with van der Waals surface area (Å²) in [7, 11) is -16.6. The van der Waals surface area contributed by atoms with Crippen LogP contribution in [0.25, 0.3) is 0 Å². The average molecular weight is 1050 g/mol. The quantitative estimate of drug-likeness (QED) is 0.0162. The number of rotatable bonds is 42. The summed E-state index contributed by atoms with van der Waals surface area (Å²) in [5, 5.41) is 32.1. The minimum absolute atomic E-state index is 0.0121. The molecule has 396 valence electrons. The van der Waals surface area contributed by atoms with Gasteiger partial charge >= 0.3 is 35.4 Å². The van der Waals surface area contributed by atoms with E-state index >= 15 is 0 Å². The molecule has 24 heteroatoms. The predicted octanol–water partition coefficient (Wildman–Crippen LogP) is 8.22. The Bertz CT molecular complexity index is 1440. The van der Waals surface area contributed by atoms with E-state index in [1.807, 2.05) is 6.92 Å². The summed E-state index contributed by atoms with van der Waals surface area (Å²) in [6.45, 7) is 2.68. The van der Waals surface area contributed by atoms with E-state index in [0.717, 1.165) is 108 Å². The van der Waals surface area contributed by atoms with Gasteiger partial charge in [-0.1, -0.05) is 160 Å². The Morgan fingerprint density at radius 2 is 0.851 bits per heavy atom. The molecular weight excluding hydrogens is 961 g/mol. The van der Waals surface area contributed by atoms with Crippen LogP contribution in [-0.4, -0.2) is 119 Å². The zero-order valence-corrected chi connectivity index (χ0v) is 43.2. The molecule has 0 aromatic carbocycles. The normalized spacial score (nSPS) is 21.5. The molecule has 0 amide bonds. The number of thioether (sulfide) groups is 1. The van der Waals surface area contributed by atoms with E-state index < -0.39 is 91.3 Å². The van der Waals surface area contributed by atoms with Crippen molar-refractivity contribution < 1.29 is 95.4 Å². The lowest BCUT2D eigenvalue weighted by Crippen LogP contribution is -2.65. The third kappa shape index (κ3) is 33.5. The van der Waals surface area contributed by atoms with E-state index in [1.54, 1.807) is 0 Å². The minimum atomic E-state index is -5.55. The standard InChI is InChI=1S/C43H83O20P3S/c1-3-5-6-7-8-9-10-11-13-17-20-23-26-30-36(45)60-34(32-58-35(44)29-25-22-19-16-14-12-15-18-21-24-27-31-67-37(46)28-4-2)33-59-66(56,57)63-43-39(48)41(61-64(50,51)52)38(47)42(40(43)49)62-65(53,54)55/h34,38-43,47-49H,3-33H2,1-2H3,(H,56,57)(H2,50,51,52)(H2,53,54,55)/t34-,38?,39-,40?,41-,42+,43?/m1/s1. The minimum Gasteiger partial charge on any atom is -0.462 e. The van der Waals surface area contributed by atoms with Gasteiger partial charge in [0, 0.05) is 25.0 Å². The number of unbranched alkanes of at least 4 members (excludes halogenated alkanes) is 22. The van der Waals surface area contributed by atoms with E-state index in [4.69, 9.17) is 18.5 Å². The van der Waals surface area contributed by atoms with Gasteiger partial charge in [-0.3, -0.25) is 32.5 Å². The van der Waals surface area contributed by atoms with Gasteiger partial charge < -0.3 is 49.3 Å². The fraction of sp³-hybridized carbons (Fsp3) is 0.930. The van der Waals surface area contributed by atoms with E-state index in [2.05, 4.69) is 16.0 Å². The summed E-state index contributed by atoms with van der Waals surface area (Å²) in [5.74, 6) is -0.437. The van der Waals surface area contributed by atoms with Gasteiger partial charge in [-0.15, -0.1) is 0 Å². The Labute approximate surface area is 401 Å². The highest BCUT2D eigenvalue weighted by atomic mass is 32.2. The number of carbonyl (C=O) groups is 3. The monoisotopic (exact) mass is 1040 g/mol. The lowest BCUT2D eigenvalue weighted by molar-refractivity contribution is -0.213. The van der Waals surface area contributed by atoms with Gasteiger partial charge in [0.15, 0.2) is 11.2 Å². The molecule has 20 nitrogen and oxygen atoms in total. The molecule has 0 radical (unpaired) electrons. The number of hydrogen-bond donors (Lipinski definition) is 8. The van der Waals surface area contributed by atoms with Gasteiger partial charge in [0.25, 0.3) is 0 Å². The molecule has 8 N–H and O–H groups in total. The smallest absolute Gasteiger partial charge is 0.462 e. The van der Waals surface area contributed by atoms with Crippen molar-refractivity contribution in [2.24, 2.45) is 0 Å². The van der Waals surface area contributed by atoms with Gasteiger partial charge in [0.05, 0.1) is 6.61 Å². The first-order valence-corrected chi connectivity index (χ1v) is 29.9. The van der Waals surface area contributed by atoms with Crippen LogP contribution < -0.4 is 0 Å². The maximum Gasteiger partial charge on any atom is 0.472 e.